The Bertz CT molecular complexity index is 1280. The highest BCUT2D eigenvalue weighted by Crippen LogP contribution is 2.35. The minimum Gasteiger partial charge on any atom is -0.325 e. The van der Waals surface area contributed by atoms with Gasteiger partial charge in [0.05, 0.1) is 18.3 Å². The van der Waals surface area contributed by atoms with Crippen LogP contribution in [0.3, 0.4) is 0 Å². The summed E-state index contributed by atoms with van der Waals surface area (Å²) in [4.78, 5) is 24.5. The van der Waals surface area contributed by atoms with Gasteiger partial charge in [-0.3, -0.25) is 14.3 Å². The molecule has 5 nitrogen and oxygen atoms in total. The SMILES string of the molecule is O=C(CCn1ncc(=O)c2ccccc21)Nc1ccc2c3c(cccc13)CC2. The van der Waals surface area contributed by atoms with Crippen molar-refractivity contribution < 1.29 is 4.79 Å². The highest BCUT2D eigenvalue weighted by molar-refractivity contribution is 6.05. The zero-order chi connectivity index (χ0) is 19.1. The first kappa shape index (κ1) is 16.7. The lowest BCUT2D eigenvalue weighted by Gasteiger charge is -2.12. The highest BCUT2D eigenvalue weighted by Gasteiger charge is 2.16. The maximum Gasteiger partial charge on any atom is 0.226 e. The van der Waals surface area contributed by atoms with Gasteiger partial charge in [-0.25, -0.2) is 0 Å². The van der Waals surface area contributed by atoms with E-state index in [9.17, 15) is 9.59 Å². The van der Waals surface area contributed by atoms with Crippen LogP contribution in [0.25, 0.3) is 21.7 Å². The number of fused-ring (bicyclic) bond motifs is 1. The van der Waals surface area contributed by atoms with Gasteiger partial charge >= 0.3 is 0 Å². The second-order valence-corrected chi connectivity index (χ2v) is 7.16. The van der Waals surface area contributed by atoms with E-state index in [1.807, 2.05) is 24.3 Å². The minimum atomic E-state index is -0.107. The summed E-state index contributed by atoms with van der Waals surface area (Å²) < 4.78 is 1.71. The van der Waals surface area contributed by atoms with Crippen LogP contribution >= 0.6 is 0 Å². The van der Waals surface area contributed by atoms with E-state index in [2.05, 4.69) is 34.7 Å². The fourth-order valence-electron chi connectivity index (χ4n) is 4.12. The van der Waals surface area contributed by atoms with E-state index >= 15 is 0 Å². The molecule has 0 bridgehead atoms. The van der Waals surface area contributed by atoms with Crippen molar-refractivity contribution in [3.8, 4) is 0 Å². The lowest BCUT2D eigenvalue weighted by Crippen LogP contribution is -2.18. The minimum absolute atomic E-state index is 0.0664. The molecule has 138 valence electrons. The van der Waals surface area contributed by atoms with Crippen LogP contribution in [0.15, 0.2) is 65.6 Å². The number of amides is 1. The quantitative estimate of drug-likeness (QED) is 0.597. The van der Waals surface area contributed by atoms with Crippen molar-refractivity contribution in [1.29, 1.82) is 0 Å². The fourth-order valence-corrected chi connectivity index (χ4v) is 4.12. The molecule has 0 saturated heterocycles. The molecule has 0 unspecified atom stereocenters. The summed E-state index contributed by atoms with van der Waals surface area (Å²) in [5.41, 5.74) is 4.20. The molecular formula is C23H19N3O2. The number of rotatable bonds is 4. The molecule has 5 heteroatoms. The first-order valence-electron chi connectivity index (χ1n) is 9.49. The lowest BCUT2D eigenvalue weighted by molar-refractivity contribution is -0.116. The predicted molar refractivity (Wildman–Crippen MR) is 111 cm³/mol. The molecule has 4 aromatic rings. The van der Waals surface area contributed by atoms with E-state index in [0.29, 0.717) is 11.9 Å². The predicted octanol–water partition coefficient (Wildman–Crippen LogP) is 3.68. The molecule has 1 aliphatic rings. The number of nitrogens with one attached hydrogen (secondary N) is 1. The van der Waals surface area contributed by atoms with Crippen LogP contribution in [0, 0.1) is 0 Å². The number of benzene rings is 3. The second kappa shape index (κ2) is 6.60. The summed E-state index contributed by atoms with van der Waals surface area (Å²) in [6.07, 6.45) is 3.72. The van der Waals surface area contributed by atoms with Crippen LogP contribution in [0.2, 0.25) is 0 Å². The molecule has 1 N–H and O–H groups in total. The van der Waals surface area contributed by atoms with Crippen molar-refractivity contribution in [2.45, 2.75) is 25.8 Å². The van der Waals surface area contributed by atoms with Crippen LogP contribution in [0.1, 0.15) is 17.5 Å². The number of anilines is 1. The van der Waals surface area contributed by atoms with Crippen molar-refractivity contribution in [2.75, 3.05) is 5.32 Å². The average molecular weight is 369 g/mol. The molecule has 0 atom stereocenters. The molecular weight excluding hydrogens is 350 g/mol. The van der Waals surface area contributed by atoms with E-state index in [0.717, 1.165) is 29.4 Å². The molecule has 0 radical (unpaired) electrons. The van der Waals surface area contributed by atoms with Crippen molar-refractivity contribution in [1.82, 2.24) is 9.78 Å². The molecule has 0 spiro atoms. The summed E-state index contributed by atoms with van der Waals surface area (Å²) in [7, 11) is 0. The van der Waals surface area contributed by atoms with E-state index in [1.54, 1.807) is 10.7 Å². The van der Waals surface area contributed by atoms with E-state index < -0.39 is 0 Å². The maximum absolute atomic E-state index is 12.6. The second-order valence-electron chi connectivity index (χ2n) is 7.16. The topological polar surface area (TPSA) is 64.0 Å². The summed E-state index contributed by atoms with van der Waals surface area (Å²) in [5.74, 6) is -0.0664. The third kappa shape index (κ3) is 2.76. The van der Waals surface area contributed by atoms with E-state index in [1.165, 1.54) is 22.7 Å². The largest absolute Gasteiger partial charge is 0.325 e. The molecule has 3 aromatic carbocycles. The number of carbonyl (C=O) groups is 1. The Kier molecular flexibility index (Phi) is 3.93. The van der Waals surface area contributed by atoms with Gasteiger partial charge in [0.25, 0.3) is 0 Å². The summed E-state index contributed by atoms with van der Waals surface area (Å²) >= 11 is 0. The molecule has 0 aliphatic heterocycles. The Hall–Kier alpha value is -3.47. The highest BCUT2D eigenvalue weighted by atomic mass is 16.1. The number of hydrogen-bond acceptors (Lipinski definition) is 3. The van der Waals surface area contributed by atoms with Crippen LogP contribution in [0.5, 0.6) is 0 Å². The molecule has 1 aliphatic carbocycles. The normalized spacial score (nSPS) is 12.6. The van der Waals surface area contributed by atoms with E-state index in [4.69, 9.17) is 0 Å². The van der Waals surface area contributed by atoms with Crippen molar-refractivity contribution in [3.05, 3.63) is 82.1 Å². The van der Waals surface area contributed by atoms with Gasteiger partial charge in [-0.2, -0.15) is 5.10 Å². The van der Waals surface area contributed by atoms with Crippen LogP contribution in [0.4, 0.5) is 5.69 Å². The molecule has 1 amide bonds. The van der Waals surface area contributed by atoms with Gasteiger partial charge in [-0.1, -0.05) is 36.4 Å². The van der Waals surface area contributed by atoms with Gasteiger partial charge in [0.15, 0.2) is 0 Å². The monoisotopic (exact) mass is 369 g/mol. The number of hydrogen-bond donors (Lipinski definition) is 1. The zero-order valence-electron chi connectivity index (χ0n) is 15.3. The van der Waals surface area contributed by atoms with Gasteiger partial charge in [0.1, 0.15) is 0 Å². The molecule has 28 heavy (non-hydrogen) atoms. The number of carbonyl (C=O) groups excluding carboxylic acids is 1. The smallest absolute Gasteiger partial charge is 0.226 e. The number of aryl methyl sites for hydroxylation is 3. The Morgan fingerprint density at radius 1 is 0.964 bits per heavy atom. The Morgan fingerprint density at radius 3 is 2.64 bits per heavy atom. The van der Waals surface area contributed by atoms with Crippen LogP contribution in [-0.4, -0.2) is 15.7 Å². The third-order valence-electron chi connectivity index (χ3n) is 5.46. The maximum atomic E-state index is 12.6. The van der Waals surface area contributed by atoms with E-state index in [-0.39, 0.29) is 17.8 Å². The number of nitrogens with zero attached hydrogens (tertiary/aromatic N) is 2. The van der Waals surface area contributed by atoms with Gasteiger partial charge in [0, 0.05) is 22.9 Å². The number of aromatic nitrogens is 2. The molecule has 0 fully saturated rings. The molecule has 0 saturated carbocycles. The first-order valence-corrected chi connectivity index (χ1v) is 9.49. The van der Waals surface area contributed by atoms with Gasteiger partial charge in [-0.15, -0.1) is 0 Å². The molecule has 1 heterocycles. The Balaban J connectivity index is 1.38. The Labute approximate surface area is 161 Å². The van der Waals surface area contributed by atoms with Crippen LogP contribution < -0.4 is 10.7 Å². The average Bonchev–Trinajstić information content (AvgIpc) is 3.15. The third-order valence-corrected chi connectivity index (χ3v) is 5.46. The standard InChI is InChI=1S/C23H19N3O2/c27-21-14-24-26(20-7-2-1-5-18(20)21)13-12-22(28)25-19-11-10-16-9-8-15-4-3-6-17(19)23(15)16/h1-7,10-11,14H,8-9,12-13H2,(H,25,28). The summed E-state index contributed by atoms with van der Waals surface area (Å²) in [6, 6.07) is 17.7. The summed E-state index contributed by atoms with van der Waals surface area (Å²) in [5, 5.41) is 10.3. The lowest BCUT2D eigenvalue weighted by atomic mass is 10.0. The molecule has 1 aromatic heterocycles. The number of para-hydroxylation sites is 1. The van der Waals surface area contributed by atoms with Crippen molar-refractivity contribution in [3.63, 3.8) is 0 Å². The fraction of sp³-hybridized carbons (Fsp3) is 0.174. The van der Waals surface area contributed by atoms with Crippen molar-refractivity contribution in [2.24, 2.45) is 0 Å². The van der Waals surface area contributed by atoms with Gasteiger partial charge in [-0.05, 0) is 47.6 Å². The van der Waals surface area contributed by atoms with Gasteiger partial charge in [0.2, 0.25) is 11.3 Å². The summed E-state index contributed by atoms with van der Waals surface area (Å²) in [6.45, 7) is 0.411. The molecule has 5 rings (SSSR count). The van der Waals surface area contributed by atoms with Crippen LogP contribution in [-0.2, 0) is 24.2 Å². The van der Waals surface area contributed by atoms with Gasteiger partial charge < -0.3 is 5.32 Å². The van der Waals surface area contributed by atoms with Crippen molar-refractivity contribution >= 4 is 33.3 Å². The zero-order valence-corrected chi connectivity index (χ0v) is 15.3. The first-order chi connectivity index (χ1) is 13.7. The Morgan fingerprint density at radius 2 is 1.75 bits per heavy atom.